The Bertz CT molecular complexity index is 288. The number of aliphatic hydroxyl groups is 1. The first-order valence-electron chi connectivity index (χ1n) is 5.07. The summed E-state index contributed by atoms with van der Waals surface area (Å²) in [6, 6.07) is 3.84. The number of thiophene rings is 1. The Balaban J connectivity index is 2.27. The molecule has 2 unspecified atom stereocenters. The highest BCUT2D eigenvalue weighted by atomic mass is 35.5. The highest BCUT2D eigenvalue weighted by molar-refractivity contribution is 7.16. The summed E-state index contributed by atoms with van der Waals surface area (Å²) in [7, 11) is 1.69. The molecule has 4 heteroatoms. The summed E-state index contributed by atoms with van der Waals surface area (Å²) in [6.07, 6.45) is 2.26. The fourth-order valence-corrected chi connectivity index (χ4v) is 2.50. The summed E-state index contributed by atoms with van der Waals surface area (Å²) in [5.41, 5.74) is 0. The third-order valence-corrected chi connectivity index (χ3v) is 3.63. The van der Waals surface area contributed by atoms with E-state index in [-0.39, 0.29) is 12.2 Å². The van der Waals surface area contributed by atoms with Crippen LogP contribution in [0.3, 0.4) is 0 Å². The van der Waals surface area contributed by atoms with E-state index in [2.05, 4.69) is 0 Å². The van der Waals surface area contributed by atoms with Crippen LogP contribution in [0, 0.1) is 0 Å². The van der Waals surface area contributed by atoms with E-state index in [0.717, 1.165) is 22.1 Å². The maximum Gasteiger partial charge on any atom is 0.0931 e. The van der Waals surface area contributed by atoms with Gasteiger partial charge in [-0.1, -0.05) is 11.6 Å². The molecule has 0 radical (unpaired) electrons. The van der Waals surface area contributed by atoms with Gasteiger partial charge in [0.15, 0.2) is 0 Å². The molecule has 2 atom stereocenters. The second-order valence-corrected chi connectivity index (χ2v) is 5.49. The molecular weight excluding hydrogens is 232 g/mol. The van der Waals surface area contributed by atoms with Crippen molar-refractivity contribution >= 4 is 22.9 Å². The maximum atomic E-state index is 9.76. The molecular formula is C11H17ClO2S. The van der Waals surface area contributed by atoms with Crippen molar-refractivity contribution in [3.05, 3.63) is 21.3 Å². The smallest absolute Gasteiger partial charge is 0.0931 e. The van der Waals surface area contributed by atoms with Gasteiger partial charge in [0.05, 0.1) is 16.5 Å². The third-order valence-electron chi connectivity index (χ3n) is 2.37. The van der Waals surface area contributed by atoms with Crippen LogP contribution in [0.4, 0.5) is 0 Å². The average Bonchev–Trinajstić information content (AvgIpc) is 2.60. The molecule has 0 spiro atoms. The molecule has 1 N–H and O–H groups in total. The molecule has 0 amide bonds. The molecule has 1 rings (SSSR count). The monoisotopic (exact) mass is 248 g/mol. The van der Waals surface area contributed by atoms with Gasteiger partial charge >= 0.3 is 0 Å². The Labute approximate surface area is 99.8 Å². The Morgan fingerprint density at radius 2 is 2.20 bits per heavy atom. The Hall–Kier alpha value is -0.0900. The van der Waals surface area contributed by atoms with Crippen LogP contribution < -0.4 is 0 Å². The Morgan fingerprint density at radius 3 is 2.73 bits per heavy atom. The molecule has 0 aliphatic heterocycles. The molecule has 15 heavy (non-hydrogen) atoms. The second-order valence-electron chi connectivity index (χ2n) is 3.69. The van der Waals surface area contributed by atoms with Crippen molar-refractivity contribution in [1.29, 1.82) is 0 Å². The number of ether oxygens (including phenoxy) is 1. The lowest BCUT2D eigenvalue weighted by molar-refractivity contribution is 0.0854. The lowest BCUT2D eigenvalue weighted by atomic mass is 10.1. The van der Waals surface area contributed by atoms with Crippen molar-refractivity contribution < 1.29 is 9.84 Å². The van der Waals surface area contributed by atoms with E-state index in [9.17, 15) is 5.11 Å². The summed E-state index contributed by atoms with van der Waals surface area (Å²) < 4.78 is 5.91. The summed E-state index contributed by atoms with van der Waals surface area (Å²) in [5, 5.41) is 9.76. The van der Waals surface area contributed by atoms with Gasteiger partial charge in [-0.25, -0.2) is 0 Å². The minimum atomic E-state index is -0.294. The molecule has 1 aromatic rings. The van der Waals surface area contributed by atoms with Crippen LogP contribution in [0.25, 0.3) is 0 Å². The van der Waals surface area contributed by atoms with Gasteiger partial charge < -0.3 is 9.84 Å². The van der Waals surface area contributed by atoms with E-state index in [4.69, 9.17) is 16.3 Å². The van der Waals surface area contributed by atoms with E-state index in [1.165, 1.54) is 11.3 Å². The van der Waals surface area contributed by atoms with Gasteiger partial charge in [-0.2, -0.15) is 0 Å². The van der Waals surface area contributed by atoms with Gasteiger partial charge in [0.2, 0.25) is 0 Å². The van der Waals surface area contributed by atoms with Gasteiger partial charge in [0.25, 0.3) is 0 Å². The molecule has 1 aromatic heterocycles. The van der Waals surface area contributed by atoms with Crippen molar-refractivity contribution in [3.8, 4) is 0 Å². The maximum absolute atomic E-state index is 9.76. The Morgan fingerprint density at radius 1 is 1.47 bits per heavy atom. The summed E-state index contributed by atoms with van der Waals surface area (Å²) >= 11 is 7.34. The highest BCUT2D eigenvalue weighted by Crippen LogP contribution is 2.23. The second kappa shape index (κ2) is 6.48. The van der Waals surface area contributed by atoms with Crippen molar-refractivity contribution in [2.75, 3.05) is 7.11 Å². The van der Waals surface area contributed by atoms with Gasteiger partial charge in [-0.15, -0.1) is 11.3 Å². The van der Waals surface area contributed by atoms with E-state index >= 15 is 0 Å². The van der Waals surface area contributed by atoms with Gasteiger partial charge in [0, 0.05) is 18.4 Å². The van der Waals surface area contributed by atoms with Crippen LogP contribution in [0.1, 0.15) is 24.6 Å². The summed E-state index contributed by atoms with van der Waals surface area (Å²) in [6.45, 7) is 2.01. The third kappa shape index (κ3) is 4.98. The first kappa shape index (κ1) is 13.0. The lowest BCUT2D eigenvalue weighted by Gasteiger charge is -2.12. The van der Waals surface area contributed by atoms with Crippen LogP contribution >= 0.6 is 22.9 Å². The SMILES string of the molecule is COC(C)CCC(O)Cc1ccc(Cl)s1. The number of hydrogen-bond acceptors (Lipinski definition) is 3. The first-order valence-corrected chi connectivity index (χ1v) is 6.26. The molecule has 1 heterocycles. The molecule has 0 saturated carbocycles. The number of methoxy groups -OCH3 is 1. The van der Waals surface area contributed by atoms with E-state index in [1.54, 1.807) is 7.11 Å². The van der Waals surface area contributed by atoms with Crippen LogP contribution in [0.2, 0.25) is 4.34 Å². The predicted molar refractivity (Wildman–Crippen MR) is 64.7 cm³/mol. The van der Waals surface area contributed by atoms with Crippen LogP contribution in [0.15, 0.2) is 12.1 Å². The van der Waals surface area contributed by atoms with Gasteiger partial charge in [0.1, 0.15) is 0 Å². The van der Waals surface area contributed by atoms with Crippen LogP contribution in [0.5, 0.6) is 0 Å². The molecule has 0 aromatic carbocycles. The van der Waals surface area contributed by atoms with E-state index < -0.39 is 0 Å². The van der Waals surface area contributed by atoms with E-state index in [0.29, 0.717) is 6.42 Å². The van der Waals surface area contributed by atoms with Gasteiger partial charge in [-0.05, 0) is 31.9 Å². The normalized spacial score (nSPS) is 15.2. The minimum Gasteiger partial charge on any atom is -0.393 e. The molecule has 0 aliphatic carbocycles. The van der Waals surface area contributed by atoms with Crippen LogP contribution in [-0.4, -0.2) is 24.4 Å². The van der Waals surface area contributed by atoms with Crippen molar-refractivity contribution in [1.82, 2.24) is 0 Å². The standard InChI is InChI=1S/C11H17ClO2S/c1-8(14-2)3-4-9(13)7-10-5-6-11(12)15-10/h5-6,8-9,13H,3-4,7H2,1-2H3. The molecule has 0 aliphatic rings. The molecule has 0 saturated heterocycles. The lowest BCUT2D eigenvalue weighted by Crippen LogP contribution is -2.14. The number of halogens is 1. The van der Waals surface area contributed by atoms with Gasteiger partial charge in [-0.3, -0.25) is 0 Å². The zero-order valence-corrected chi connectivity index (χ0v) is 10.6. The Kier molecular flexibility index (Phi) is 5.61. The van der Waals surface area contributed by atoms with E-state index in [1.807, 2.05) is 19.1 Å². The molecule has 0 bridgehead atoms. The average molecular weight is 249 g/mol. The fraction of sp³-hybridized carbons (Fsp3) is 0.636. The predicted octanol–water partition coefficient (Wildman–Crippen LogP) is 3.12. The molecule has 86 valence electrons. The number of hydrogen-bond donors (Lipinski definition) is 1. The van der Waals surface area contributed by atoms with Crippen molar-refractivity contribution in [3.63, 3.8) is 0 Å². The number of rotatable bonds is 6. The van der Waals surface area contributed by atoms with Crippen LogP contribution in [-0.2, 0) is 11.2 Å². The summed E-state index contributed by atoms with van der Waals surface area (Å²) in [4.78, 5) is 1.14. The van der Waals surface area contributed by atoms with Crippen molar-refractivity contribution in [2.24, 2.45) is 0 Å². The quantitative estimate of drug-likeness (QED) is 0.838. The van der Waals surface area contributed by atoms with Crippen molar-refractivity contribution in [2.45, 2.75) is 38.4 Å². The number of aliphatic hydroxyl groups excluding tert-OH is 1. The molecule has 2 nitrogen and oxygen atoms in total. The zero-order chi connectivity index (χ0) is 11.3. The minimum absolute atomic E-state index is 0.214. The fourth-order valence-electron chi connectivity index (χ4n) is 1.34. The summed E-state index contributed by atoms with van der Waals surface area (Å²) in [5.74, 6) is 0. The topological polar surface area (TPSA) is 29.5 Å². The first-order chi connectivity index (χ1) is 7.11. The molecule has 0 fully saturated rings. The largest absolute Gasteiger partial charge is 0.393 e. The zero-order valence-electron chi connectivity index (χ0n) is 9.07. The highest BCUT2D eigenvalue weighted by Gasteiger charge is 2.09.